The Kier molecular flexibility index (Phi) is 4.15. The highest BCUT2D eigenvalue weighted by Gasteiger charge is 2.27. The van der Waals surface area contributed by atoms with E-state index in [1.165, 1.54) is 19.3 Å². The molecule has 4 nitrogen and oxygen atoms in total. The van der Waals surface area contributed by atoms with E-state index in [9.17, 15) is 5.11 Å². The highest BCUT2D eigenvalue weighted by Crippen LogP contribution is 2.38. The van der Waals surface area contributed by atoms with Gasteiger partial charge in [0.2, 0.25) is 5.88 Å². The summed E-state index contributed by atoms with van der Waals surface area (Å²) < 4.78 is 5.82. The Morgan fingerprint density at radius 3 is 2.76 bits per heavy atom. The van der Waals surface area contributed by atoms with E-state index in [-0.39, 0.29) is 0 Å². The molecule has 4 heteroatoms. The molecule has 1 atom stereocenters. The lowest BCUT2D eigenvalue weighted by Crippen LogP contribution is -2.16. The van der Waals surface area contributed by atoms with Crippen LogP contribution in [0.25, 0.3) is 0 Å². The fraction of sp³-hybridized carbons (Fsp3) is 0.588. The van der Waals surface area contributed by atoms with Crippen molar-refractivity contribution in [1.29, 1.82) is 0 Å². The molecule has 21 heavy (non-hydrogen) atoms. The molecule has 1 fully saturated rings. The highest BCUT2D eigenvalue weighted by atomic mass is 16.4. The maximum Gasteiger partial charge on any atom is 0.220 e. The standard InChI is InChI=1S/C17H24N2O2/c1-12-7-6-10-19(18-12)16-11-15(13(2)21-16)17(20)14-8-4-3-5-9-14/h6,10-11,14,17,20H,3-5,7-9H2,1-2H3. The average Bonchev–Trinajstić information content (AvgIpc) is 2.89. The summed E-state index contributed by atoms with van der Waals surface area (Å²) in [6.07, 6.45) is 10.4. The summed E-state index contributed by atoms with van der Waals surface area (Å²) in [4.78, 5) is 0. The molecular formula is C17H24N2O2. The van der Waals surface area contributed by atoms with Crippen molar-refractivity contribution in [2.75, 3.05) is 5.01 Å². The fourth-order valence-corrected chi connectivity index (χ4v) is 3.29. The van der Waals surface area contributed by atoms with E-state index in [0.717, 1.165) is 36.3 Å². The number of aliphatic hydroxyl groups is 1. The lowest BCUT2D eigenvalue weighted by Gasteiger charge is -2.26. The molecule has 1 saturated carbocycles. The minimum atomic E-state index is -0.415. The van der Waals surface area contributed by atoms with E-state index in [1.54, 1.807) is 5.01 Å². The van der Waals surface area contributed by atoms with Crippen LogP contribution in [-0.4, -0.2) is 10.8 Å². The van der Waals surface area contributed by atoms with Crippen molar-refractivity contribution in [2.24, 2.45) is 11.0 Å². The summed E-state index contributed by atoms with van der Waals surface area (Å²) in [6, 6.07) is 1.95. The van der Waals surface area contributed by atoms with Crippen LogP contribution in [0, 0.1) is 12.8 Å². The van der Waals surface area contributed by atoms with Gasteiger partial charge >= 0.3 is 0 Å². The maximum atomic E-state index is 10.7. The monoisotopic (exact) mass is 288 g/mol. The minimum Gasteiger partial charge on any atom is -0.443 e. The van der Waals surface area contributed by atoms with Gasteiger partial charge in [-0.2, -0.15) is 5.10 Å². The van der Waals surface area contributed by atoms with Gasteiger partial charge in [-0.1, -0.05) is 25.3 Å². The molecule has 2 heterocycles. The SMILES string of the molecule is CC1=NN(c2cc(C(O)C3CCCCC3)c(C)o2)C=CC1. The normalized spacial score (nSPS) is 21.5. The van der Waals surface area contributed by atoms with Crippen molar-refractivity contribution in [3.63, 3.8) is 0 Å². The molecule has 0 aromatic carbocycles. The molecule has 0 amide bonds. The molecule has 1 unspecified atom stereocenters. The molecule has 114 valence electrons. The molecule has 1 aromatic rings. The number of hydrogen-bond acceptors (Lipinski definition) is 4. The number of furan rings is 1. The maximum absolute atomic E-state index is 10.7. The molecule has 1 N–H and O–H groups in total. The Hall–Kier alpha value is -1.55. The van der Waals surface area contributed by atoms with Crippen molar-refractivity contribution >= 4 is 11.6 Å². The summed E-state index contributed by atoms with van der Waals surface area (Å²) in [7, 11) is 0. The smallest absolute Gasteiger partial charge is 0.220 e. The fourth-order valence-electron chi connectivity index (χ4n) is 3.29. The largest absolute Gasteiger partial charge is 0.443 e. The Labute approximate surface area is 126 Å². The summed E-state index contributed by atoms with van der Waals surface area (Å²) in [5.74, 6) is 1.85. The van der Waals surface area contributed by atoms with Crippen LogP contribution >= 0.6 is 0 Å². The van der Waals surface area contributed by atoms with Crippen LogP contribution in [0.2, 0.25) is 0 Å². The van der Waals surface area contributed by atoms with Crippen molar-refractivity contribution in [2.45, 2.75) is 58.5 Å². The second kappa shape index (κ2) is 6.06. The zero-order chi connectivity index (χ0) is 14.8. The van der Waals surface area contributed by atoms with Crippen LogP contribution in [0.3, 0.4) is 0 Å². The summed E-state index contributed by atoms with van der Waals surface area (Å²) in [5.41, 5.74) is 1.98. The van der Waals surface area contributed by atoms with Gasteiger partial charge < -0.3 is 9.52 Å². The van der Waals surface area contributed by atoms with E-state index >= 15 is 0 Å². The lowest BCUT2D eigenvalue weighted by atomic mass is 9.83. The van der Waals surface area contributed by atoms with Gasteiger partial charge in [-0.3, -0.25) is 0 Å². The van der Waals surface area contributed by atoms with Crippen LogP contribution in [0.5, 0.6) is 0 Å². The zero-order valence-corrected chi connectivity index (χ0v) is 12.9. The van der Waals surface area contributed by atoms with Crippen LogP contribution < -0.4 is 5.01 Å². The molecule has 0 bridgehead atoms. The molecule has 1 aliphatic heterocycles. The summed E-state index contributed by atoms with van der Waals surface area (Å²) >= 11 is 0. The average molecular weight is 288 g/mol. The third kappa shape index (κ3) is 3.05. The van der Waals surface area contributed by atoms with Crippen molar-refractivity contribution in [3.8, 4) is 0 Å². The van der Waals surface area contributed by atoms with Crippen LogP contribution in [0.15, 0.2) is 27.9 Å². The molecule has 1 aromatic heterocycles. The molecule has 2 aliphatic rings. The summed E-state index contributed by atoms with van der Waals surface area (Å²) in [5, 5.41) is 16.9. The lowest BCUT2D eigenvalue weighted by molar-refractivity contribution is 0.0835. The van der Waals surface area contributed by atoms with E-state index in [4.69, 9.17) is 4.42 Å². The van der Waals surface area contributed by atoms with Gasteiger partial charge in [0.15, 0.2) is 0 Å². The zero-order valence-electron chi connectivity index (χ0n) is 12.9. The van der Waals surface area contributed by atoms with E-state index in [0.29, 0.717) is 11.8 Å². The van der Waals surface area contributed by atoms with Crippen molar-refractivity contribution in [3.05, 3.63) is 29.7 Å². The van der Waals surface area contributed by atoms with Gasteiger partial charge in [-0.15, -0.1) is 0 Å². The Morgan fingerprint density at radius 2 is 2.05 bits per heavy atom. The molecule has 1 aliphatic carbocycles. The topological polar surface area (TPSA) is 49.0 Å². The number of aryl methyl sites for hydroxylation is 1. The van der Waals surface area contributed by atoms with Gasteiger partial charge in [0.1, 0.15) is 5.76 Å². The van der Waals surface area contributed by atoms with E-state index in [1.807, 2.05) is 26.1 Å². The van der Waals surface area contributed by atoms with Crippen LogP contribution in [0.4, 0.5) is 5.88 Å². The summed E-state index contributed by atoms with van der Waals surface area (Å²) in [6.45, 7) is 3.93. The number of allylic oxidation sites excluding steroid dienone is 1. The molecular weight excluding hydrogens is 264 g/mol. The number of hydrogen-bond donors (Lipinski definition) is 1. The second-order valence-corrected chi connectivity index (χ2v) is 6.21. The third-order valence-corrected chi connectivity index (χ3v) is 4.52. The predicted octanol–water partition coefficient (Wildman–Crippen LogP) is 4.30. The van der Waals surface area contributed by atoms with Gasteiger partial charge in [0, 0.05) is 30.0 Å². The number of rotatable bonds is 3. The number of aliphatic hydroxyl groups excluding tert-OH is 1. The first kappa shape index (κ1) is 14.4. The van der Waals surface area contributed by atoms with E-state index in [2.05, 4.69) is 11.2 Å². The molecule has 0 saturated heterocycles. The third-order valence-electron chi connectivity index (χ3n) is 4.52. The first-order chi connectivity index (χ1) is 10.1. The van der Waals surface area contributed by atoms with Crippen molar-refractivity contribution < 1.29 is 9.52 Å². The molecule has 0 spiro atoms. The Bertz CT molecular complexity index is 553. The second-order valence-electron chi connectivity index (χ2n) is 6.21. The quantitative estimate of drug-likeness (QED) is 0.902. The van der Waals surface area contributed by atoms with Crippen molar-refractivity contribution in [1.82, 2.24) is 0 Å². The van der Waals surface area contributed by atoms with Gasteiger partial charge in [0.05, 0.1) is 6.10 Å². The number of hydrazone groups is 1. The first-order valence-corrected chi connectivity index (χ1v) is 7.93. The van der Waals surface area contributed by atoms with Crippen LogP contribution in [0.1, 0.15) is 62.9 Å². The molecule has 0 radical (unpaired) electrons. The molecule has 3 rings (SSSR count). The first-order valence-electron chi connectivity index (χ1n) is 7.93. The highest BCUT2D eigenvalue weighted by molar-refractivity contribution is 5.85. The van der Waals surface area contributed by atoms with Gasteiger partial charge in [0.25, 0.3) is 0 Å². The number of nitrogens with zero attached hydrogens (tertiary/aromatic N) is 2. The van der Waals surface area contributed by atoms with E-state index < -0.39 is 6.10 Å². The van der Waals surface area contributed by atoms with Gasteiger partial charge in [-0.25, -0.2) is 5.01 Å². The Morgan fingerprint density at radius 1 is 1.29 bits per heavy atom. The predicted molar refractivity (Wildman–Crippen MR) is 84.3 cm³/mol. The van der Waals surface area contributed by atoms with Crippen LogP contribution in [-0.2, 0) is 0 Å². The van der Waals surface area contributed by atoms with Gasteiger partial charge in [-0.05, 0) is 32.6 Å². The Balaban J connectivity index is 1.80. The number of anilines is 1. The minimum absolute atomic E-state index is 0.366.